The first-order chi connectivity index (χ1) is 12.5. The number of aliphatic hydroxyl groups is 1. The molecule has 1 saturated carbocycles. The Hall–Kier alpha value is -0.760. The van der Waals surface area contributed by atoms with E-state index in [4.69, 9.17) is 24.0 Å². The molecule has 158 valence electrons. The lowest BCUT2D eigenvalue weighted by atomic mass is 9.62. The zero-order valence-corrected chi connectivity index (χ0v) is 17.2. The summed E-state index contributed by atoms with van der Waals surface area (Å²) in [5.74, 6) is 0.438. The number of carbonyl (C=O) groups is 1. The lowest BCUT2D eigenvalue weighted by Gasteiger charge is -2.42. The first-order valence-electron chi connectivity index (χ1n) is 9.46. The smallest absolute Gasteiger partial charge is 0.464 e. The molecule has 1 atom stereocenters. The number of hydrogen-bond donors (Lipinski definition) is 4. The molecule has 0 amide bonds. The van der Waals surface area contributed by atoms with Crippen molar-refractivity contribution in [2.75, 3.05) is 27.2 Å². The first-order valence-corrected chi connectivity index (χ1v) is 11.0. The molecule has 0 heterocycles. The minimum Gasteiger partial charge on any atom is -0.464 e. The third-order valence-corrected chi connectivity index (χ3v) is 5.25. The molecule has 0 bridgehead atoms. The van der Waals surface area contributed by atoms with E-state index in [2.05, 4.69) is 12.2 Å². The third-order valence-electron chi connectivity index (χ3n) is 5.25. The summed E-state index contributed by atoms with van der Waals surface area (Å²) in [6.45, 7) is 1.24. The fourth-order valence-corrected chi connectivity index (χ4v) is 3.89. The van der Waals surface area contributed by atoms with Gasteiger partial charge in [0.1, 0.15) is 6.61 Å². The number of hydrogen-bond acceptors (Lipinski definition) is 5. The minimum absolute atomic E-state index is 0.0341. The van der Waals surface area contributed by atoms with E-state index >= 15 is 0 Å². The second-order valence-corrected chi connectivity index (χ2v) is 8.77. The highest BCUT2D eigenvalue weighted by Crippen LogP contribution is 2.47. The summed E-state index contributed by atoms with van der Waals surface area (Å²) in [6.07, 6.45) is 12.0. The number of nitrogens with zero attached hydrogens (tertiary/aromatic N) is 1. The molecule has 9 heteroatoms. The predicted molar refractivity (Wildman–Crippen MR) is 102 cm³/mol. The van der Waals surface area contributed by atoms with Crippen molar-refractivity contribution in [3.8, 4) is 0 Å². The first kappa shape index (κ1) is 24.3. The van der Waals surface area contributed by atoms with Crippen LogP contribution in [0.3, 0.4) is 0 Å². The molecule has 0 aliphatic heterocycles. The van der Waals surface area contributed by atoms with Gasteiger partial charge in [0.25, 0.3) is 0 Å². The van der Waals surface area contributed by atoms with Gasteiger partial charge in [-0.15, -0.1) is 0 Å². The summed E-state index contributed by atoms with van der Waals surface area (Å²) in [6, 6.07) is 0. The van der Waals surface area contributed by atoms with Gasteiger partial charge in [0.15, 0.2) is 0 Å². The molecule has 1 unspecified atom stereocenters. The Morgan fingerprint density at radius 1 is 1.22 bits per heavy atom. The zero-order valence-electron chi connectivity index (χ0n) is 16.3. The van der Waals surface area contributed by atoms with Crippen LogP contribution in [-0.2, 0) is 14.1 Å². The van der Waals surface area contributed by atoms with Crippen molar-refractivity contribution in [3.63, 3.8) is 0 Å². The van der Waals surface area contributed by atoms with Gasteiger partial charge >= 0.3 is 13.8 Å². The Kier molecular flexibility index (Phi) is 10.2. The zero-order chi connectivity index (χ0) is 20.5. The topological polar surface area (TPSA) is 128 Å². The molecular formula is C18H34NO7P. The number of phosphoric acid groups is 1. The van der Waals surface area contributed by atoms with Crippen LogP contribution in [0.15, 0.2) is 12.2 Å². The van der Waals surface area contributed by atoms with Gasteiger partial charge in [-0.1, -0.05) is 12.2 Å². The van der Waals surface area contributed by atoms with Crippen LogP contribution in [0.2, 0.25) is 0 Å². The van der Waals surface area contributed by atoms with Crippen LogP contribution in [0.25, 0.3) is 0 Å². The van der Waals surface area contributed by atoms with E-state index in [1.54, 1.807) is 0 Å². The van der Waals surface area contributed by atoms with Gasteiger partial charge in [0, 0.05) is 12.0 Å². The van der Waals surface area contributed by atoms with E-state index in [9.17, 15) is 9.90 Å². The Morgan fingerprint density at radius 2 is 1.81 bits per heavy atom. The number of rotatable bonds is 6. The molecule has 4 N–H and O–H groups in total. The Bertz CT molecular complexity index is 518. The number of carbonyl (C=O) groups excluding carboxylic acids is 1. The Morgan fingerprint density at radius 3 is 2.30 bits per heavy atom. The number of ether oxygens (including phenoxy) is 1. The Balaban J connectivity index is 0.000000646. The minimum atomic E-state index is -4.64. The van der Waals surface area contributed by atoms with Crippen LogP contribution in [0.4, 0.5) is 0 Å². The standard InChI is InChI=1S/C18H31NO3.H3O4P/c1-19(2)12-13-22-17(21)14-18(10-4-3-5-11-18)15-6-8-16(20)9-7-15;1-5(2,3)4/h4,10,15-16,20H,3,5-9,11-14H2,1-2H3;(H3,1,2,3,4). The molecule has 2 rings (SSSR count). The molecule has 0 spiro atoms. The highest BCUT2D eigenvalue weighted by molar-refractivity contribution is 7.45. The van der Waals surface area contributed by atoms with Crippen molar-refractivity contribution in [1.29, 1.82) is 0 Å². The Labute approximate surface area is 161 Å². The predicted octanol–water partition coefficient (Wildman–Crippen LogP) is 1.83. The van der Waals surface area contributed by atoms with Crippen molar-refractivity contribution in [3.05, 3.63) is 12.2 Å². The second-order valence-electron chi connectivity index (χ2n) is 7.75. The van der Waals surface area contributed by atoms with Crippen LogP contribution in [0, 0.1) is 11.3 Å². The summed E-state index contributed by atoms with van der Waals surface area (Å²) >= 11 is 0. The number of esters is 1. The second kappa shape index (κ2) is 11.3. The molecule has 1 fully saturated rings. The van der Waals surface area contributed by atoms with Gasteiger partial charge in [-0.25, -0.2) is 4.57 Å². The van der Waals surface area contributed by atoms with Crippen molar-refractivity contribution >= 4 is 13.8 Å². The average Bonchev–Trinajstić information content (AvgIpc) is 2.54. The quantitative estimate of drug-likeness (QED) is 0.298. The molecule has 8 nitrogen and oxygen atoms in total. The normalized spacial score (nSPS) is 28.4. The molecule has 0 saturated heterocycles. The van der Waals surface area contributed by atoms with Crippen molar-refractivity contribution in [2.24, 2.45) is 11.3 Å². The average molecular weight is 407 g/mol. The van der Waals surface area contributed by atoms with Gasteiger partial charge in [0.2, 0.25) is 0 Å². The molecule has 0 aromatic rings. The van der Waals surface area contributed by atoms with Crippen LogP contribution in [0.1, 0.15) is 51.4 Å². The molecule has 0 aromatic heterocycles. The number of likely N-dealkylation sites (N-methyl/N-ethyl adjacent to an activating group) is 1. The summed E-state index contributed by atoms with van der Waals surface area (Å²) in [5.41, 5.74) is -0.0341. The summed E-state index contributed by atoms with van der Waals surface area (Å²) in [5, 5.41) is 9.74. The lowest BCUT2D eigenvalue weighted by molar-refractivity contribution is -0.147. The summed E-state index contributed by atoms with van der Waals surface area (Å²) < 4.78 is 14.3. The largest absolute Gasteiger partial charge is 0.466 e. The monoisotopic (exact) mass is 407 g/mol. The van der Waals surface area contributed by atoms with E-state index in [1.807, 2.05) is 19.0 Å². The van der Waals surface area contributed by atoms with Crippen molar-refractivity contribution in [2.45, 2.75) is 57.5 Å². The molecule has 0 radical (unpaired) electrons. The van der Waals surface area contributed by atoms with E-state index in [1.165, 1.54) is 0 Å². The van der Waals surface area contributed by atoms with Gasteiger partial charge in [-0.3, -0.25) is 4.79 Å². The highest BCUT2D eigenvalue weighted by atomic mass is 31.2. The maximum atomic E-state index is 12.3. The van der Waals surface area contributed by atoms with Gasteiger partial charge < -0.3 is 29.4 Å². The fourth-order valence-electron chi connectivity index (χ4n) is 3.89. The summed E-state index contributed by atoms with van der Waals surface area (Å²) in [4.78, 5) is 35.9. The number of allylic oxidation sites excluding steroid dienone is 2. The fraction of sp³-hybridized carbons (Fsp3) is 0.833. The highest BCUT2D eigenvalue weighted by Gasteiger charge is 2.41. The summed E-state index contributed by atoms with van der Waals surface area (Å²) in [7, 11) is -0.681. The number of aliphatic hydroxyl groups excluding tert-OH is 1. The van der Waals surface area contributed by atoms with E-state index < -0.39 is 7.82 Å². The molecular weight excluding hydrogens is 373 g/mol. The maximum Gasteiger partial charge on any atom is 0.466 e. The maximum absolute atomic E-state index is 12.3. The van der Waals surface area contributed by atoms with E-state index in [0.29, 0.717) is 18.9 Å². The van der Waals surface area contributed by atoms with Gasteiger partial charge in [-0.2, -0.15) is 0 Å². The molecule has 2 aliphatic rings. The van der Waals surface area contributed by atoms with Gasteiger partial charge in [-0.05, 0) is 65.0 Å². The molecule has 27 heavy (non-hydrogen) atoms. The van der Waals surface area contributed by atoms with Crippen molar-refractivity contribution in [1.82, 2.24) is 4.90 Å². The SMILES string of the molecule is CN(C)CCOC(=O)CC1(C2CCC(O)CC2)C=CCCC1.O=P(O)(O)O. The van der Waals surface area contributed by atoms with Gasteiger partial charge in [0.05, 0.1) is 12.5 Å². The van der Waals surface area contributed by atoms with Crippen LogP contribution >= 0.6 is 7.82 Å². The molecule has 2 aliphatic carbocycles. The molecule has 0 aromatic carbocycles. The lowest BCUT2D eigenvalue weighted by Crippen LogP contribution is -2.37. The van der Waals surface area contributed by atoms with E-state index in [-0.39, 0.29) is 17.5 Å². The third kappa shape index (κ3) is 10.4. The van der Waals surface area contributed by atoms with Crippen LogP contribution in [0.5, 0.6) is 0 Å². The van der Waals surface area contributed by atoms with E-state index in [0.717, 1.165) is 51.5 Å². The van der Waals surface area contributed by atoms with Crippen LogP contribution < -0.4 is 0 Å². The van der Waals surface area contributed by atoms with Crippen LogP contribution in [-0.4, -0.2) is 64.0 Å². The van der Waals surface area contributed by atoms with Crippen molar-refractivity contribution < 1.29 is 33.9 Å².